The van der Waals surface area contributed by atoms with Crippen LogP contribution >= 0.6 is 0 Å². The first-order valence-corrected chi connectivity index (χ1v) is 10.9. The maximum atomic E-state index is 12.2. The number of hydrogen-bond acceptors (Lipinski definition) is 3. The van der Waals surface area contributed by atoms with Crippen LogP contribution in [0.3, 0.4) is 0 Å². The van der Waals surface area contributed by atoms with Crippen molar-refractivity contribution in [3.8, 4) is 0 Å². The fourth-order valence-electron chi connectivity index (χ4n) is 8.26. The van der Waals surface area contributed by atoms with E-state index in [1.165, 1.54) is 45.6 Å². The van der Waals surface area contributed by atoms with E-state index in [0.717, 1.165) is 37.0 Å². The molecule has 0 saturated heterocycles. The van der Waals surface area contributed by atoms with Crippen LogP contribution in [-0.2, 0) is 14.3 Å². The topological polar surface area (TPSA) is 43.4 Å². The molecule has 3 heteroatoms. The van der Waals surface area contributed by atoms with Gasteiger partial charge in [-0.25, -0.2) is 0 Å². The predicted molar refractivity (Wildman–Crippen MR) is 101 cm³/mol. The number of esters is 1. The van der Waals surface area contributed by atoms with Crippen LogP contribution in [-0.4, -0.2) is 18.9 Å². The molecule has 26 heavy (non-hydrogen) atoms. The molecule has 8 atom stereocenters. The Morgan fingerprint density at radius 1 is 1.04 bits per heavy atom. The molecule has 0 radical (unpaired) electrons. The minimum absolute atomic E-state index is 0.0192. The summed E-state index contributed by atoms with van der Waals surface area (Å²) in [5.41, 5.74) is 0.673. The van der Waals surface area contributed by atoms with Crippen molar-refractivity contribution in [2.24, 2.45) is 46.3 Å². The van der Waals surface area contributed by atoms with Crippen molar-refractivity contribution in [3.05, 3.63) is 0 Å². The van der Waals surface area contributed by atoms with Crippen molar-refractivity contribution >= 4 is 11.8 Å². The third kappa shape index (κ3) is 2.52. The molecule has 4 saturated carbocycles. The van der Waals surface area contributed by atoms with Crippen LogP contribution in [0.2, 0.25) is 0 Å². The molecule has 146 valence electrons. The second kappa shape index (κ2) is 6.34. The molecule has 0 aromatic heterocycles. The summed E-state index contributed by atoms with van der Waals surface area (Å²) in [6.45, 7) is 7.07. The molecule has 0 amide bonds. The lowest BCUT2D eigenvalue weighted by Gasteiger charge is -2.60. The molecule has 0 heterocycles. The second-order valence-corrected chi connectivity index (χ2v) is 10.4. The average Bonchev–Trinajstić information content (AvgIpc) is 2.98. The zero-order valence-corrected chi connectivity index (χ0v) is 17.1. The van der Waals surface area contributed by atoms with Crippen LogP contribution in [0.25, 0.3) is 0 Å². The van der Waals surface area contributed by atoms with E-state index in [-0.39, 0.29) is 11.9 Å². The SMILES string of the molecule is COC(=O)[C@H](C)[C@@H]1CC[C@@H]2[C@H]3CC[C@H]4CC(=O)CC[C@]4(C)[C@@H]3CC[C@@]21C. The smallest absolute Gasteiger partial charge is 0.308 e. The number of methoxy groups -OCH3 is 1. The lowest BCUT2D eigenvalue weighted by molar-refractivity contribution is -0.152. The van der Waals surface area contributed by atoms with E-state index in [4.69, 9.17) is 4.74 Å². The quantitative estimate of drug-likeness (QED) is 0.649. The van der Waals surface area contributed by atoms with Gasteiger partial charge in [0.05, 0.1) is 13.0 Å². The number of ketones is 1. The number of carbonyl (C=O) groups is 2. The maximum Gasteiger partial charge on any atom is 0.308 e. The number of fused-ring (bicyclic) bond motifs is 5. The molecule has 0 unspecified atom stereocenters. The number of rotatable bonds is 2. The number of carbonyl (C=O) groups excluding carboxylic acids is 2. The Kier molecular flexibility index (Phi) is 4.51. The van der Waals surface area contributed by atoms with Crippen LogP contribution in [0.15, 0.2) is 0 Å². The van der Waals surface area contributed by atoms with E-state index in [1.54, 1.807) is 0 Å². The van der Waals surface area contributed by atoms with Crippen molar-refractivity contribution in [1.82, 2.24) is 0 Å². The molecule has 3 nitrogen and oxygen atoms in total. The predicted octanol–water partition coefficient (Wildman–Crippen LogP) is 5.02. The summed E-state index contributed by atoms with van der Waals surface area (Å²) in [5, 5.41) is 0. The van der Waals surface area contributed by atoms with E-state index < -0.39 is 0 Å². The summed E-state index contributed by atoms with van der Waals surface area (Å²) in [5.74, 6) is 3.94. The molecule has 0 aromatic rings. The fraction of sp³-hybridized carbons (Fsp3) is 0.913. The van der Waals surface area contributed by atoms with E-state index in [9.17, 15) is 9.59 Å². The van der Waals surface area contributed by atoms with Crippen molar-refractivity contribution in [2.75, 3.05) is 7.11 Å². The van der Waals surface area contributed by atoms with E-state index in [2.05, 4.69) is 20.8 Å². The van der Waals surface area contributed by atoms with Gasteiger partial charge in [0.15, 0.2) is 0 Å². The highest BCUT2D eigenvalue weighted by Gasteiger charge is 2.61. The van der Waals surface area contributed by atoms with Gasteiger partial charge in [-0.2, -0.15) is 0 Å². The number of ether oxygens (including phenoxy) is 1. The fourth-order valence-corrected chi connectivity index (χ4v) is 8.26. The third-order valence-electron chi connectivity index (χ3n) is 9.73. The van der Waals surface area contributed by atoms with Crippen LogP contribution in [0, 0.1) is 46.3 Å². The lowest BCUT2D eigenvalue weighted by atomic mass is 9.44. The van der Waals surface area contributed by atoms with Crippen LogP contribution in [0.1, 0.15) is 78.6 Å². The molecule has 4 fully saturated rings. The van der Waals surface area contributed by atoms with Gasteiger partial charge in [-0.1, -0.05) is 20.8 Å². The lowest BCUT2D eigenvalue weighted by Crippen LogP contribution is -2.54. The van der Waals surface area contributed by atoms with Gasteiger partial charge in [-0.05, 0) is 85.4 Å². The van der Waals surface area contributed by atoms with Crippen LogP contribution in [0.5, 0.6) is 0 Å². The van der Waals surface area contributed by atoms with Crippen LogP contribution in [0.4, 0.5) is 0 Å². The zero-order chi connectivity index (χ0) is 18.7. The highest BCUT2D eigenvalue weighted by Crippen LogP contribution is 2.68. The van der Waals surface area contributed by atoms with E-state index >= 15 is 0 Å². The van der Waals surface area contributed by atoms with E-state index in [1.807, 2.05) is 0 Å². The Balaban J connectivity index is 1.58. The van der Waals surface area contributed by atoms with Crippen molar-refractivity contribution in [3.63, 3.8) is 0 Å². The Morgan fingerprint density at radius 3 is 2.50 bits per heavy atom. The van der Waals surface area contributed by atoms with Gasteiger partial charge in [-0.3, -0.25) is 9.59 Å². The molecule has 0 aliphatic heterocycles. The summed E-state index contributed by atoms with van der Waals surface area (Å²) in [6.07, 6.45) is 10.3. The van der Waals surface area contributed by atoms with Gasteiger partial charge < -0.3 is 4.74 Å². The summed E-state index contributed by atoms with van der Waals surface area (Å²) in [6, 6.07) is 0. The second-order valence-electron chi connectivity index (χ2n) is 10.4. The molecule has 4 rings (SSSR count). The first-order valence-electron chi connectivity index (χ1n) is 10.9. The largest absolute Gasteiger partial charge is 0.469 e. The highest BCUT2D eigenvalue weighted by atomic mass is 16.5. The van der Waals surface area contributed by atoms with Gasteiger partial charge in [-0.15, -0.1) is 0 Å². The summed E-state index contributed by atoms with van der Waals surface area (Å²) >= 11 is 0. The zero-order valence-electron chi connectivity index (χ0n) is 17.1. The Bertz CT molecular complexity index is 598. The molecular formula is C23H36O3. The summed E-state index contributed by atoms with van der Waals surface area (Å²) < 4.78 is 5.08. The molecule has 4 aliphatic carbocycles. The van der Waals surface area contributed by atoms with Crippen molar-refractivity contribution in [1.29, 1.82) is 0 Å². The summed E-state index contributed by atoms with van der Waals surface area (Å²) in [7, 11) is 1.52. The van der Waals surface area contributed by atoms with Gasteiger partial charge in [0.1, 0.15) is 5.78 Å². The Labute approximate surface area is 158 Å². The minimum atomic E-state index is -0.0274. The number of Topliss-reactive ketones (excluding diaryl/α,β-unsaturated/α-hetero) is 1. The number of hydrogen-bond donors (Lipinski definition) is 0. The molecule has 0 aromatic carbocycles. The standard InChI is InChI=1S/C23H36O3/c1-14(21(25)26-4)18-7-8-19-17-6-5-15-13-16(24)9-11-22(15,2)20(17)10-12-23(18,19)3/h14-15,17-20H,5-13H2,1-4H3/t14-,15+,17-,18+,19-,20-,22+,23-/m1/s1. The first kappa shape index (κ1) is 18.5. The first-order chi connectivity index (χ1) is 12.3. The molecule has 0 N–H and O–H groups in total. The maximum absolute atomic E-state index is 12.2. The third-order valence-corrected chi connectivity index (χ3v) is 9.73. The van der Waals surface area contributed by atoms with Crippen LogP contribution < -0.4 is 0 Å². The molecule has 0 bridgehead atoms. The molecule has 0 spiro atoms. The highest BCUT2D eigenvalue weighted by molar-refractivity contribution is 5.79. The van der Waals surface area contributed by atoms with Crippen molar-refractivity contribution < 1.29 is 14.3 Å². The van der Waals surface area contributed by atoms with E-state index in [0.29, 0.717) is 28.4 Å². The van der Waals surface area contributed by atoms with Gasteiger partial charge in [0.2, 0.25) is 0 Å². The molecule has 4 aliphatic rings. The Morgan fingerprint density at radius 2 is 1.77 bits per heavy atom. The monoisotopic (exact) mass is 360 g/mol. The van der Waals surface area contributed by atoms with Gasteiger partial charge >= 0.3 is 5.97 Å². The Hall–Kier alpha value is -0.860. The van der Waals surface area contributed by atoms with Gasteiger partial charge in [0, 0.05) is 12.8 Å². The average molecular weight is 361 g/mol. The normalized spacial score (nSPS) is 48.9. The van der Waals surface area contributed by atoms with Crippen molar-refractivity contribution in [2.45, 2.75) is 78.6 Å². The summed E-state index contributed by atoms with van der Waals surface area (Å²) in [4.78, 5) is 24.2. The molecular weight excluding hydrogens is 324 g/mol. The minimum Gasteiger partial charge on any atom is -0.469 e. The van der Waals surface area contributed by atoms with Gasteiger partial charge in [0.25, 0.3) is 0 Å².